The van der Waals surface area contributed by atoms with Gasteiger partial charge in [0.05, 0.1) is 18.3 Å². The van der Waals surface area contributed by atoms with Gasteiger partial charge in [0.25, 0.3) is 0 Å². The fourth-order valence-corrected chi connectivity index (χ4v) is 10.3. The van der Waals surface area contributed by atoms with Crippen LogP contribution in [0.15, 0.2) is 0 Å². The largest absolute Gasteiger partial charge is 3.00 e. The van der Waals surface area contributed by atoms with Gasteiger partial charge in [-0.2, -0.15) is 0 Å². The van der Waals surface area contributed by atoms with Crippen molar-refractivity contribution in [3.63, 3.8) is 0 Å². The van der Waals surface area contributed by atoms with Gasteiger partial charge in [-0.05, 0) is 74.0 Å². The van der Waals surface area contributed by atoms with Crippen LogP contribution in [0.2, 0.25) is 0 Å². The van der Waals surface area contributed by atoms with Crippen molar-refractivity contribution in [3.05, 3.63) is 0 Å². The summed E-state index contributed by atoms with van der Waals surface area (Å²) in [5, 5.41) is 0. The quantitative estimate of drug-likeness (QED) is 0.0549. The predicted molar refractivity (Wildman–Crippen MR) is 255 cm³/mol. The molecule has 0 aliphatic heterocycles. The van der Waals surface area contributed by atoms with E-state index in [1.54, 1.807) is 0 Å². The van der Waals surface area contributed by atoms with Crippen LogP contribution in [0.3, 0.4) is 0 Å². The summed E-state index contributed by atoms with van der Waals surface area (Å²) in [7, 11) is -9.26. The van der Waals surface area contributed by atoms with Crippen LogP contribution < -0.4 is 14.7 Å². The minimum absolute atomic E-state index is 0. The summed E-state index contributed by atoms with van der Waals surface area (Å²) in [6.45, 7) is 26.2. The van der Waals surface area contributed by atoms with Crippen LogP contribution in [-0.2, 0) is 27.3 Å². The van der Waals surface area contributed by atoms with E-state index in [0.29, 0.717) is 35.5 Å². The zero-order chi connectivity index (χ0) is 46.1. The molecule has 0 heterocycles. The molecule has 367 valence electrons. The molecule has 0 saturated carbocycles. The monoisotopic (exact) mass is 1060 g/mol. The molecular weight excluding hydrogens is 958 g/mol. The Hall–Kier alpha value is 1.80. The van der Waals surface area contributed by atoms with Crippen molar-refractivity contribution in [1.29, 1.82) is 0 Å². The smallest absolute Gasteiger partial charge is 0.781 e. The molecule has 0 N–H and O–H groups in total. The van der Waals surface area contributed by atoms with E-state index in [1.807, 2.05) is 0 Å². The van der Waals surface area contributed by atoms with Gasteiger partial charge < -0.3 is 41.9 Å². The molecule has 0 spiro atoms. The molecule has 61 heavy (non-hydrogen) atoms. The molecule has 0 bridgehead atoms. The van der Waals surface area contributed by atoms with Crippen molar-refractivity contribution in [2.75, 3.05) is 0 Å². The van der Waals surface area contributed by atoms with Gasteiger partial charge in [-0.25, -0.2) is 0 Å². The predicted octanol–water partition coefficient (Wildman–Crippen LogP) is 14.8. The van der Waals surface area contributed by atoms with E-state index < -0.39 is 24.8 Å². The molecule has 12 unspecified atom stereocenters. The second-order valence-corrected chi connectivity index (χ2v) is 19.8. The van der Waals surface area contributed by atoms with Crippen molar-refractivity contribution in [2.24, 2.45) is 35.5 Å². The van der Waals surface area contributed by atoms with Crippen molar-refractivity contribution in [2.45, 2.75) is 275 Å². The Bertz CT molecular complexity index is 864. The molecule has 0 saturated heterocycles. The van der Waals surface area contributed by atoms with Crippen LogP contribution in [0.1, 0.15) is 256 Å². The van der Waals surface area contributed by atoms with Gasteiger partial charge in [0.15, 0.2) is 0 Å². The molecule has 0 aliphatic carbocycles. The van der Waals surface area contributed by atoms with Crippen molar-refractivity contribution in [1.82, 2.24) is 0 Å². The summed E-state index contributed by atoms with van der Waals surface area (Å²) in [4.78, 5) is 33.1. The Kier molecular flexibility index (Phi) is 56.5. The topological polar surface area (TPSA) is 148 Å². The summed E-state index contributed by atoms with van der Waals surface area (Å²) in [6, 6.07) is 0. The first-order valence-electron chi connectivity index (χ1n) is 25.4. The number of rotatable bonds is 39. The maximum Gasteiger partial charge on any atom is 3.00 e. The van der Waals surface area contributed by atoms with Gasteiger partial charge in [-0.15, -0.1) is 0 Å². The van der Waals surface area contributed by atoms with E-state index in [1.165, 1.54) is 57.8 Å². The first-order valence-corrected chi connectivity index (χ1v) is 29.1. The third kappa shape index (κ3) is 40.6. The third-order valence-corrected chi connectivity index (χ3v) is 14.5. The van der Waals surface area contributed by atoms with E-state index in [-0.39, 0.29) is 59.2 Å². The van der Waals surface area contributed by atoms with Gasteiger partial charge in [-0.1, -0.05) is 218 Å². The summed E-state index contributed by atoms with van der Waals surface area (Å²) in [5.41, 5.74) is 0. The molecule has 0 aromatic carbocycles. The van der Waals surface area contributed by atoms with Crippen molar-refractivity contribution in [3.8, 4) is 0 Å². The fourth-order valence-electron chi connectivity index (χ4n) is 8.67. The molecule has 13 heteroatoms. The van der Waals surface area contributed by atoms with Crippen molar-refractivity contribution < 1.29 is 82.8 Å². The summed E-state index contributed by atoms with van der Waals surface area (Å²) in [5.74, 6) is 2.93. The number of unbranched alkanes of at least 4 members (excludes halogenated alkanes) is 6. The van der Waals surface area contributed by atoms with Crippen LogP contribution in [0.5, 0.6) is 0 Å². The first-order chi connectivity index (χ1) is 28.7. The second-order valence-electron chi connectivity index (χ2n) is 17.6. The van der Waals surface area contributed by atoms with Crippen LogP contribution in [0.4, 0.5) is 0 Å². The van der Waals surface area contributed by atoms with E-state index in [4.69, 9.17) is 13.6 Å². The Morgan fingerprint density at radius 1 is 0.344 bits per heavy atom. The minimum Gasteiger partial charge on any atom is -0.781 e. The van der Waals surface area contributed by atoms with Gasteiger partial charge in [-0.3, -0.25) is 0 Å². The molecule has 0 aromatic rings. The second kappa shape index (κ2) is 49.7. The van der Waals surface area contributed by atoms with Gasteiger partial charge in [0.2, 0.25) is 0 Å². The molecule has 12 atom stereocenters. The minimum atomic E-state index is -3.09. The summed E-state index contributed by atoms with van der Waals surface area (Å²) in [6.07, 6.45) is 29.8. The Labute approximate surface area is 414 Å². The fraction of sp³-hybridized carbons (Fsp3) is 1.00. The molecular formula is C48H102NdO9P3. The average molecular weight is 1060 g/mol. The van der Waals surface area contributed by atoms with Gasteiger partial charge in [0.1, 0.15) is 24.8 Å². The van der Waals surface area contributed by atoms with E-state index >= 15 is 0 Å². The molecule has 1 radical (unpaired) electrons. The zero-order valence-corrected chi connectivity index (χ0v) is 48.2. The molecule has 0 aromatic heterocycles. The molecule has 0 fully saturated rings. The number of hydrogen-bond donors (Lipinski definition) is 0. The van der Waals surface area contributed by atoms with Crippen LogP contribution in [-0.4, -0.2) is 18.3 Å². The number of hydrogen-bond acceptors (Lipinski definition) is 9. The molecule has 9 nitrogen and oxygen atoms in total. The van der Waals surface area contributed by atoms with Gasteiger partial charge >= 0.3 is 40.8 Å². The van der Waals surface area contributed by atoms with Gasteiger partial charge in [0, 0.05) is 0 Å². The summed E-state index contributed by atoms with van der Waals surface area (Å²) >= 11 is 0. The SMILES string of the molecule is CCCCC(CC)CC(O[PH](=O)[O-])C(CC)CCCC.CCCCC(CC)CC(O[PH](=O)[O-])C(CC)CCCC.CCCCC(CC)CC(O[PH](=O)[O-])C(CC)CCCC.[Nd+3]. The molecule has 0 amide bonds. The molecule has 0 aliphatic rings. The van der Waals surface area contributed by atoms with E-state index in [0.717, 1.165) is 116 Å². The summed E-state index contributed by atoms with van der Waals surface area (Å²) < 4.78 is 49.0. The zero-order valence-electron chi connectivity index (χ0n) is 42.0. The van der Waals surface area contributed by atoms with Crippen LogP contribution in [0, 0.1) is 76.3 Å². The van der Waals surface area contributed by atoms with E-state index in [2.05, 4.69) is 83.1 Å². The van der Waals surface area contributed by atoms with Crippen molar-refractivity contribution >= 4 is 24.8 Å². The first kappa shape index (κ1) is 69.4. The molecule has 0 rings (SSSR count). The Balaban J connectivity index is -0.000000396. The average Bonchev–Trinajstić information content (AvgIpc) is 3.22. The maximum atomic E-state index is 11.0. The normalized spacial score (nSPS) is 17.4. The van der Waals surface area contributed by atoms with Crippen LogP contribution >= 0.6 is 24.8 Å². The Morgan fingerprint density at radius 2 is 0.541 bits per heavy atom. The van der Waals surface area contributed by atoms with Crippen LogP contribution in [0.25, 0.3) is 0 Å². The Morgan fingerprint density at radius 3 is 0.689 bits per heavy atom. The third-order valence-electron chi connectivity index (χ3n) is 13.0. The van der Waals surface area contributed by atoms with E-state index in [9.17, 15) is 28.4 Å². The maximum absolute atomic E-state index is 11.0. The standard InChI is InChI=1S/3C16H35O3P.Nd/c3*1-5-9-11-14(7-3)13-16(19-20(17)18)15(8-4)12-10-6-2;/h3*14-16,20H,5-13H2,1-4H3,(H,17,18);/q;;;+3/p-3.